The Morgan fingerprint density at radius 3 is 2.91 bits per heavy atom. The van der Waals surface area contributed by atoms with Crippen molar-refractivity contribution in [1.29, 1.82) is 0 Å². The molecule has 1 aliphatic heterocycles. The van der Waals surface area contributed by atoms with Crippen LogP contribution in [0.1, 0.15) is 25.5 Å². The first-order valence-electron chi connectivity index (χ1n) is 6.93. The van der Waals surface area contributed by atoms with Gasteiger partial charge in [0, 0.05) is 5.56 Å². The number of rotatable bonds is 4. The molecule has 0 fully saturated rings. The SMILES string of the molecule is CC(C)Oc1ccccc1[C@@H]1C=C(C(=O)O)Nc2ncnn21. The Kier molecular flexibility index (Phi) is 3.54. The van der Waals surface area contributed by atoms with E-state index in [1.165, 1.54) is 6.33 Å². The Morgan fingerprint density at radius 2 is 2.18 bits per heavy atom. The lowest BCUT2D eigenvalue weighted by Gasteiger charge is -2.24. The fourth-order valence-corrected chi connectivity index (χ4v) is 2.37. The molecule has 1 aromatic heterocycles. The number of carbonyl (C=O) groups is 1. The molecule has 0 bridgehead atoms. The van der Waals surface area contributed by atoms with Crippen LogP contribution in [0.3, 0.4) is 0 Å². The van der Waals surface area contributed by atoms with Crippen LogP contribution in [0.25, 0.3) is 0 Å². The molecule has 0 saturated heterocycles. The second kappa shape index (κ2) is 5.51. The molecule has 0 saturated carbocycles. The summed E-state index contributed by atoms with van der Waals surface area (Å²) in [4.78, 5) is 15.4. The molecule has 0 amide bonds. The summed E-state index contributed by atoms with van der Waals surface area (Å²) in [5.41, 5.74) is 0.910. The molecule has 0 unspecified atom stereocenters. The van der Waals surface area contributed by atoms with Crippen molar-refractivity contribution >= 4 is 11.9 Å². The zero-order valence-electron chi connectivity index (χ0n) is 12.2. The van der Waals surface area contributed by atoms with Crippen LogP contribution in [0, 0.1) is 0 Å². The van der Waals surface area contributed by atoms with E-state index in [0.29, 0.717) is 11.7 Å². The van der Waals surface area contributed by atoms with Gasteiger partial charge in [-0.3, -0.25) is 0 Å². The van der Waals surface area contributed by atoms with Crippen molar-refractivity contribution in [2.45, 2.75) is 26.0 Å². The van der Waals surface area contributed by atoms with Crippen LogP contribution in [0.2, 0.25) is 0 Å². The largest absolute Gasteiger partial charge is 0.491 e. The number of aliphatic carboxylic acids is 1. The van der Waals surface area contributed by atoms with E-state index in [9.17, 15) is 9.90 Å². The predicted octanol–water partition coefficient (Wildman–Crippen LogP) is 2.05. The molecule has 0 radical (unpaired) electrons. The maximum absolute atomic E-state index is 11.3. The van der Waals surface area contributed by atoms with Gasteiger partial charge in [-0.25, -0.2) is 9.48 Å². The summed E-state index contributed by atoms with van der Waals surface area (Å²) in [5, 5.41) is 16.2. The third-order valence-corrected chi connectivity index (χ3v) is 3.24. The first-order valence-corrected chi connectivity index (χ1v) is 6.93. The van der Waals surface area contributed by atoms with Gasteiger partial charge in [0.1, 0.15) is 23.8 Å². The smallest absolute Gasteiger partial charge is 0.352 e. The third-order valence-electron chi connectivity index (χ3n) is 3.24. The van der Waals surface area contributed by atoms with Crippen LogP contribution in [0.5, 0.6) is 5.75 Å². The van der Waals surface area contributed by atoms with Crippen molar-refractivity contribution in [1.82, 2.24) is 14.8 Å². The Hall–Kier alpha value is -2.83. The highest BCUT2D eigenvalue weighted by atomic mass is 16.5. The number of para-hydroxylation sites is 1. The summed E-state index contributed by atoms with van der Waals surface area (Å²) in [7, 11) is 0. The highest BCUT2D eigenvalue weighted by Crippen LogP contribution is 2.34. The number of nitrogens with one attached hydrogen (secondary N) is 1. The van der Waals surface area contributed by atoms with E-state index in [2.05, 4.69) is 15.4 Å². The second-order valence-corrected chi connectivity index (χ2v) is 5.19. The molecule has 1 atom stereocenters. The van der Waals surface area contributed by atoms with Gasteiger partial charge in [0.15, 0.2) is 0 Å². The van der Waals surface area contributed by atoms with Gasteiger partial charge in [-0.05, 0) is 26.0 Å². The quantitative estimate of drug-likeness (QED) is 0.898. The molecule has 7 heteroatoms. The number of hydrogen-bond donors (Lipinski definition) is 2. The van der Waals surface area contributed by atoms with E-state index in [-0.39, 0.29) is 17.8 Å². The molecular formula is C15H16N4O3. The number of allylic oxidation sites excluding steroid dienone is 1. The first kappa shape index (κ1) is 14.1. The molecule has 22 heavy (non-hydrogen) atoms. The van der Waals surface area contributed by atoms with Crippen LogP contribution >= 0.6 is 0 Å². The summed E-state index contributed by atoms with van der Waals surface area (Å²) in [6.45, 7) is 3.89. The minimum Gasteiger partial charge on any atom is -0.491 e. The zero-order valence-corrected chi connectivity index (χ0v) is 12.2. The van der Waals surface area contributed by atoms with E-state index in [1.807, 2.05) is 38.1 Å². The molecular weight excluding hydrogens is 284 g/mol. The lowest BCUT2D eigenvalue weighted by atomic mass is 10.0. The Balaban J connectivity index is 2.09. The van der Waals surface area contributed by atoms with Crippen LogP contribution in [-0.4, -0.2) is 31.9 Å². The molecule has 2 aromatic rings. The number of fused-ring (bicyclic) bond motifs is 1. The summed E-state index contributed by atoms with van der Waals surface area (Å²) in [6.07, 6.45) is 3.01. The summed E-state index contributed by atoms with van der Waals surface area (Å²) >= 11 is 0. The average molecular weight is 300 g/mol. The lowest BCUT2D eigenvalue weighted by molar-refractivity contribution is -0.132. The normalized spacial score (nSPS) is 16.7. The van der Waals surface area contributed by atoms with Crippen molar-refractivity contribution in [3.63, 3.8) is 0 Å². The minimum absolute atomic E-state index is 0.0148. The van der Waals surface area contributed by atoms with Crippen LogP contribution < -0.4 is 10.1 Å². The van der Waals surface area contributed by atoms with Gasteiger partial charge in [0.25, 0.3) is 0 Å². The van der Waals surface area contributed by atoms with Gasteiger partial charge in [-0.2, -0.15) is 10.1 Å². The number of carboxylic acid groups (broad SMARTS) is 1. The van der Waals surface area contributed by atoms with Crippen molar-refractivity contribution in [2.75, 3.05) is 5.32 Å². The molecule has 2 heterocycles. The van der Waals surface area contributed by atoms with Gasteiger partial charge in [0.05, 0.1) is 6.10 Å². The van der Waals surface area contributed by atoms with Gasteiger partial charge < -0.3 is 15.2 Å². The van der Waals surface area contributed by atoms with Gasteiger partial charge in [-0.1, -0.05) is 18.2 Å². The van der Waals surface area contributed by atoms with E-state index in [0.717, 1.165) is 5.56 Å². The van der Waals surface area contributed by atoms with Gasteiger partial charge in [-0.15, -0.1) is 0 Å². The molecule has 1 aromatic carbocycles. The Morgan fingerprint density at radius 1 is 1.41 bits per heavy atom. The van der Waals surface area contributed by atoms with Crippen LogP contribution in [-0.2, 0) is 4.79 Å². The Bertz CT molecular complexity index is 736. The van der Waals surface area contributed by atoms with E-state index in [4.69, 9.17) is 4.74 Å². The number of benzene rings is 1. The van der Waals surface area contributed by atoms with E-state index < -0.39 is 5.97 Å². The van der Waals surface area contributed by atoms with Gasteiger partial charge >= 0.3 is 5.97 Å². The van der Waals surface area contributed by atoms with Crippen molar-refractivity contribution in [3.8, 4) is 5.75 Å². The topological polar surface area (TPSA) is 89.3 Å². The van der Waals surface area contributed by atoms with Crippen molar-refractivity contribution in [3.05, 3.63) is 47.9 Å². The van der Waals surface area contributed by atoms with E-state index >= 15 is 0 Å². The van der Waals surface area contributed by atoms with Gasteiger partial charge in [0.2, 0.25) is 5.95 Å². The average Bonchev–Trinajstić information content (AvgIpc) is 2.94. The summed E-state index contributed by atoms with van der Waals surface area (Å²) < 4.78 is 7.46. The van der Waals surface area contributed by atoms with Crippen molar-refractivity contribution < 1.29 is 14.6 Å². The predicted molar refractivity (Wildman–Crippen MR) is 79.7 cm³/mol. The molecule has 3 rings (SSSR count). The number of nitrogens with zero attached hydrogens (tertiary/aromatic N) is 3. The maximum atomic E-state index is 11.3. The molecule has 114 valence electrons. The summed E-state index contributed by atoms with van der Waals surface area (Å²) in [6, 6.07) is 7.14. The molecule has 0 aliphatic carbocycles. The maximum Gasteiger partial charge on any atom is 0.352 e. The number of ether oxygens (including phenoxy) is 1. The standard InChI is InChI=1S/C15H16N4O3/c1-9(2)22-13-6-4-3-5-10(13)12-7-11(14(20)21)18-15-16-8-17-19(12)15/h3-9,12H,1-2H3,(H,20,21)(H,16,17,18)/t12-/m0/s1. The molecule has 7 nitrogen and oxygen atoms in total. The fraction of sp³-hybridized carbons (Fsp3) is 0.267. The number of hydrogen-bond acceptors (Lipinski definition) is 5. The number of anilines is 1. The zero-order chi connectivity index (χ0) is 15.7. The second-order valence-electron chi connectivity index (χ2n) is 5.19. The van der Waals surface area contributed by atoms with E-state index in [1.54, 1.807) is 10.8 Å². The number of carboxylic acids is 1. The summed E-state index contributed by atoms with van der Waals surface area (Å²) in [5.74, 6) is 0.0533. The highest BCUT2D eigenvalue weighted by molar-refractivity contribution is 5.90. The van der Waals surface area contributed by atoms with Crippen LogP contribution in [0.4, 0.5) is 5.95 Å². The monoisotopic (exact) mass is 300 g/mol. The Labute approximate surface area is 127 Å². The first-order chi connectivity index (χ1) is 10.6. The highest BCUT2D eigenvalue weighted by Gasteiger charge is 2.27. The third kappa shape index (κ3) is 2.52. The molecule has 0 spiro atoms. The van der Waals surface area contributed by atoms with Crippen molar-refractivity contribution in [2.24, 2.45) is 0 Å². The van der Waals surface area contributed by atoms with Crippen LogP contribution in [0.15, 0.2) is 42.4 Å². The lowest BCUT2D eigenvalue weighted by Crippen LogP contribution is -2.25. The fourth-order valence-electron chi connectivity index (χ4n) is 2.37. The number of aromatic nitrogens is 3. The minimum atomic E-state index is -1.04. The molecule has 2 N–H and O–H groups in total. The molecule has 1 aliphatic rings.